The smallest absolute Gasteiger partial charge is 0.208 e. The van der Waals surface area contributed by atoms with Crippen molar-refractivity contribution in [2.75, 3.05) is 25.1 Å². The van der Waals surface area contributed by atoms with Crippen molar-refractivity contribution in [1.29, 1.82) is 0 Å². The van der Waals surface area contributed by atoms with Crippen LogP contribution in [0, 0.1) is 5.82 Å². The Morgan fingerprint density at radius 3 is 2.88 bits per heavy atom. The third-order valence-corrected chi connectivity index (χ3v) is 4.53. The number of fused-ring (bicyclic) bond motifs is 1. The van der Waals surface area contributed by atoms with Crippen molar-refractivity contribution in [2.45, 2.75) is 25.4 Å². The highest BCUT2D eigenvalue weighted by Gasteiger charge is 2.27. The zero-order valence-corrected chi connectivity index (χ0v) is 14.1. The Hall–Kier alpha value is -1.77. The van der Waals surface area contributed by atoms with Crippen molar-refractivity contribution < 1.29 is 28.2 Å². The average Bonchev–Trinajstić information content (AvgIpc) is 3.17. The normalized spacial score (nSPS) is 16.6. The highest BCUT2D eigenvalue weighted by molar-refractivity contribution is 8.14. The molecule has 0 bridgehead atoms. The number of anilines is 1. The topological polar surface area (TPSA) is 80.9 Å². The quantitative estimate of drug-likeness (QED) is 0.851. The van der Waals surface area contributed by atoms with Gasteiger partial charge in [-0.15, -0.1) is 0 Å². The number of rotatable bonds is 5. The van der Waals surface area contributed by atoms with Gasteiger partial charge in [0.15, 0.2) is 22.7 Å². The van der Waals surface area contributed by atoms with E-state index in [-0.39, 0.29) is 21.5 Å². The Kier molecular flexibility index (Phi) is 4.98. The number of thioether (sulfide) groups is 1. The lowest BCUT2D eigenvalue weighted by Crippen LogP contribution is -2.14. The maximum atomic E-state index is 14.4. The molecule has 2 heterocycles. The van der Waals surface area contributed by atoms with Crippen molar-refractivity contribution in [3.05, 3.63) is 23.7 Å². The minimum Gasteiger partial charge on any atom is -0.504 e. The molecule has 0 saturated carbocycles. The molecule has 0 spiro atoms. The largest absolute Gasteiger partial charge is 0.504 e. The Labute approximate surface area is 142 Å². The van der Waals surface area contributed by atoms with Gasteiger partial charge in [-0.25, -0.2) is 0 Å². The van der Waals surface area contributed by atoms with E-state index in [0.717, 1.165) is 0 Å². The Morgan fingerprint density at radius 1 is 1.50 bits per heavy atom. The number of hydrogen-bond donors (Lipinski definition) is 2. The minimum absolute atomic E-state index is 0.0372. The van der Waals surface area contributed by atoms with Crippen LogP contribution in [0.25, 0.3) is 11.0 Å². The predicted octanol–water partition coefficient (Wildman–Crippen LogP) is 3.40. The van der Waals surface area contributed by atoms with Crippen molar-refractivity contribution in [2.24, 2.45) is 0 Å². The van der Waals surface area contributed by atoms with Gasteiger partial charge in [0.25, 0.3) is 0 Å². The molecule has 2 N–H and O–H groups in total. The van der Waals surface area contributed by atoms with E-state index in [4.69, 9.17) is 13.9 Å². The van der Waals surface area contributed by atoms with Gasteiger partial charge in [0.1, 0.15) is 6.26 Å². The van der Waals surface area contributed by atoms with Crippen molar-refractivity contribution in [1.82, 2.24) is 0 Å². The molecule has 24 heavy (non-hydrogen) atoms. The van der Waals surface area contributed by atoms with Crippen LogP contribution in [0.3, 0.4) is 0 Å². The van der Waals surface area contributed by atoms with Gasteiger partial charge in [-0.2, -0.15) is 4.39 Å². The van der Waals surface area contributed by atoms with E-state index in [1.165, 1.54) is 24.9 Å². The number of phenols is 1. The number of phenolic OH excluding ortho intramolecular Hbond substituents is 1. The van der Waals surface area contributed by atoms with Gasteiger partial charge in [-0.3, -0.25) is 4.79 Å². The molecule has 2 aromatic rings. The average molecular weight is 355 g/mol. The second-order valence-corrected chi connectivity index (χ2v) is 7.14. The number of carbonyl (C=O) groups is 1. The molecule has 1 atom stereocenters. The molecule has 1 aliphatic rings. The van der Waals surface area contributed by atoms with E-state index < -0.39 is 17.9 Å². The lowest BCUT2D eigenvalue weighted by Gasteiger charge is -2.13. The number of benzene rings is 1. The first-order valence-corrected chi connectivity index (χ1v) is 8.42. The number of carbonyl (C=O) groups excluding carboxylic acids is 1. The van der Waals surface area contributed by atoms with E-state index in [9.17, 15) is 14.3 Å². The summed E-state index contributed by atoms with van der Waals surface area (Å²) in [6.07, 6.45) is 0.595. The molecule has 6 nitrogen and oxygen atoms in total. The van der Waals surface area contributed by atoms with Gasteiger partial charge in [0, 0.05) is 24.1 Å². The predicted molar refractivity (Wildman–Crippen MR) is 88.7 cm³/mol. The van der Waals surface area contributed by atoms with Crippen molar-refractivity contribution in [3.8, 4) is 5.75 Å². The first-order chi connectivity index (χ1) is 11.5. The summed E-state index contributed by atoms with van der Waals surface area (Å²) in [5, 5.41) is 13.7. The molecule has 1 fully saturated rings. The van der Waals surface area contributed by atoms with E-state index >= 15 is 0 Å². The van der Waals surface area contributed by atoms with Crippen LogP contribution in [0.4, 0.5) is 10.1 Å². The van der Waals surface area contributed by atoms with Crippen molar-refractivity contribution in [3.63, 3.8) is 0 Å². The zero-order valence-electron chi connectivity index (χ0n) is 13.3. The summed E-state index contributed by atoms with van der Waals surface area (Å²) in [5.41, 5.74) is 0.774. The molecule has 0 unspecified atom stereocenters. The molecule has 1 aliphatic heterocycles. The lowest BCUT2D eigenvalue weighted by atomic mass is 10.1. The molecule has 0 radical (unpaired) electrons. The fourth-order valence-corrected chi connectivity index (χ4v) is 3.31. The minimum atomic E-state index is -0.846. The molecule has 1 saturated heterocycles. The lowest BCUT2D eigenvalue weighted by molar-refractivity contribution is -0.109. The standard InChI is InChI=1S/C16H18FNO5S/c1-8(24-9(2)19)6-18-12-7-23-15-10(12)5-11(14(20)13(15)17)16-21-3-4-22-16/h5,7-8,16,18,20H,3-4,6H2,1-2H3/t8-/m1/s1. The summed E-state index contributed by atoms with van der Waals surface area (Å²) in [7, 11) is 0. The molecular formula is C16H18FNO5S. The van der Waals surface area contributed by atoms with Crippen LogP contribution in [0.2, 0.25) is 0 Å². The first-order valence-electron chi connectivity index (χ1n) is 7.54. The first kappa shape index (κ1) is 17.1. The van der Waals surface area contributed by atoms with Crippen LogP contribution in [0.15, 0.2) is 16.7 Å². The second-order valence-electron chi connectivity index (χ2n) is 5.53. The van der Waals surface area contributed by atoms with Gasteiger partial charge in [0.05, 0.1) is 24.5 Å². The number of hydrogen-bond acceptors (Lipinski definition) is 7. The van der Waals surface area contributed by atoms with Crippen LogP contribution >= 0.6 is 11.8 Å². The second kappa shape index (κ2) is 7.00. The summed E-state index contributed by atoms with van der Waals surface area (Å²) in [6.45, 7) is 4.72. The number of halogens is 1. The Bertz CT molecular complexity index is 756. The molecule has 8 heteroatoms. The third kappa shape index (κ3) is 3.35. The summed E-state index contributed by atoms with van der Waals surface area (Å²) < 4.78 is 30.3. The number of aromatic hydroxyl groups is 1. The molecule has 1 aromatic carbocycles. The maximum absolute atomic E-state index is 14.4. The molecule has 1 aromatic heterocycles. The monoisotopic (exact) mass is 355 g/mol. The molecular weight excluding hydrogens is 337 g/mol. The summed E-state index contributed by atoms with van der Waals surface area (Å²) in [6, 6.07) is 1.60. The van der Waals surface area contributed by atoms with Gasteiger partial charge in [-0.05, 0) is 6.07 Å². The molecule has 3 rings (SSSR count). The molecule has 0 amide bonds. The van der Waals surface area contributed by atoms with Gasteiger partial charge < -0.3 is 24.3 Å². The molecule has 0 aliphatic carbocycles. The third-order valence-electron chi connectivity index (χ3n) is 3.63. The van der Waals surface area contributed by atoms with E-state index in [0.29, 0.717) is 30.8 Å². The SMILES string of the molecule is CC(=O)S[C@H](C)CNc1coc2c(F)c(O)c(C3OCCO3)cc12. The number of ether oxygens (including phenoxy) is 2. The fourth-order valence-electron chi connectivity index (χ4n) is 2.57. The zero-order chi connectivity index (χ0) is 17.3. The van der Waals surface area contributed by atoms with Crippen molar-refractivity contribution >= 4 is 33.5 Å². The van der Waals surface area contributed by atoms with Gasteiger partial charge in [-0.1, -0.05) is 18.7 Å². The highest BCUT2D eigenvalue weighted by Crippen LogP contribution is 2.40. The van der Waals surface area contributed by atoms with E-state index in [2.05, 4.69) is 5.32 Å². The summed E-state index contributed by atoms with van der Waals surface area (Å²) in [5.74, 6) is -1.38. The van der Waals surface area contributed by atoms with E-state index in [1.807, 2.05) is 6.92 Å². The maximum Gasteiger partial charge on any atom is 0.208 e. The van der Waals surface area contributed by atoms with Crippen LogP contribution in [0.1, 0.15) is 25.7 Å². The van der Waals surface area contributed by atoms with Crippen LogP contribution in [-0.4, -0.2) is 35.2 Å². The number of nitrogens with one attached hydrogen (secondary N) is 1. The Balaban J connectivity index is 1.88. The summed E-state index contributed by atoms with van der Waals surface area (Å²) in [4.78, 5) is 11.1. The van der Waals surface area contributed by atoms with Crippen LogP contribution in [-0.2, 0) is 14.3 Å². The highest BCUT2D eigenvalue weighted by atomic mass is 32.2. The number of furan rings is 1. The fraction of sp³-hybridized carbons (Fsp3) is 0.438. The van der Waals surface area contributed by atoms with E-state index in [1.54, 1.807) is 6.07 Å². The summed E-state index contributed by atoms with van der Waals surface area (Å²) >= 11 is 1.22. The van der Waals surface area contributed by atoms with Crippen LogP contribution < -0.4 is 5.32 Å². The van der Waals surface area contributed by atoms with Gasteiger partial charge in [0.2, 0.25) is 5.82 Å². The van der Waals surface area contributed by atoms with Gasteiger partial charge >= 0.3 is 0 Å². The van der Waals surface area contributed by atoms with Crippen LogP contribution in [0.5, 0.6) is 5.75 Å². The Morgan fingerprint density at radius 2 is 2.21 bits per heavy atom. The molecule has 130 valence electrons.